The molecule has 1 aromatic carbocycles. The average Bonchev–Trinajstić information content (AvgIpc) is 3.16. The molecule has 1 aromatic heterocycles. The third kappa shape index (κ3) is 2.97. The molecular formula is C16H20N2O2S. The van der Waals surface area contributed by atoms with Crippen molar-refractivity contribution in [1.82, 2.24) is 9.88 Å². The second-order valence-electron chi connectivity index (χ2n) is 5.82. The molecule has 0 unspecified atom stereocenters. The van der Waals surface area contributed by atoms with E-state index in [1.165, 1.54) is 22.5 Å². The second-order valence-corrected chi connectivity index (χ2v) is 6.94. The summed E-state index contributed by atoms with van der Waals surface area (Å²) in [5.74, 6) is 0.510. The van der Waals surface area contributed by atoms with E-state index in [1.807, 2.05) is 11.3 Å². The summed E-state index contributed by atoms with van der Waals surface area (Å²) in [5.41, 5.74) is 1.12. The maximum absolute atomic E-state index is 5.68. The third-order valence-corrected chi connectivity index (χ3v) is 5.29. The molecule has 4 nitrogen and oxygen atoms in total. The van der Waals surface area contributed by atoms with E-state index in [1.54, 1.807) is 0 Å². The van der Waals surface area contributed by atoms with Gasteiger partial charge < -0.3 is 9.47 Å². The van der Waals surface area contributed by atoms with Crippen molar-refractivity contribution < 1.29 is 9.47 Å². The predicted molar refractivity (Wildman–Crippen MR) is 83.3 cm³/mol. The van der Waals surface area contributed by atoms with Crippen LogP contribution in [0.5, 0.6) is 0 Å². The summed E-state index contributed by atoms with van der Waals surface area (Å²) in [7, 11) is 0. The van der Waals surface area contributed by atoms with Gasteiger partial charge in [-0.2, -0.15) is 0 Å². The first-order chi connectivity index (χ1) is 10.4. The SMILES string of the molecule is c1ccc2sc(CN3CCC[C@H](C4OCCO4)C3)nc2c1. The number of hydrogen-bond donors (Lipinski definition) is 0. The first-order valence-corrected chi connectivity index (χ1v) is 8.50. The van der Waals surface area contributed by atoms with Crippen molar-refractivity contribution in [3.8, 4) is 0 Å². The zero-order valence-corrected chi connectivity index (χ0v) is 12.8. The molecule has 0 saturated carbocycles. The summed E-state index contributed by atoms with van der Waals surface area (Å²) < 4.78 is 12.6. The Balaban J connectivity index is 1.43. The highest BCUT2D eigenvalue weighted by atomic mass is 32.1. The van der Waals surface area contributed by atoms with Gasteiger partial charge in [-0.3, -0.25) is 4.90 Å². The molecule has 21 heavy (non-hydrogen) atoms. The Kier molecular flexibility index (Phi) is 3.90. The van der Waals surface area contributed by atoms with Gasteiger partial charge in [0, 0.05) is 12.5 Å². The maximum Gasteiger partial charge on any atom is 0.161 e. The van der Waals surface area contributed by atoms with Crippen LogP contribution in [0.25, 0.3) is 10.2 Å². The van der Waals surface area contributed by atoms with Crippen LogP contribution >= 0.6 is 11.3 Å². The van der Waals surface area contributed by atoms with Crippen molar-refractivity contribution in [3.63, 3.8) is 0 Å². The van der Waals surface area contributed by atoms with E-state index in [9.17, 15) is 0 Å². The van der Waals surface area contributed by atoms with Gasteiger partial charge in [0.2, 0.25) is 0 Å². The Bertz CT molecular complexity index is 576. The average molecular weight is 304 g/mol. The van der Waals surface area contributed by atoms with E-state index in [2.05, 4.69) is 29.2 Å². The maximum atomic E-state index is 5.68. The van der Waals surface area contributed by atoms with Crippen LogP contribution < -0.4 is 0 Å². The Morgan fingerprint density at radius 1 is 1.24 bits per heavy atom. The molecule has 2 aliphatic heterocycles. The zero-order chi connectivity index (χ0) is 14.1. The largest absolute Gasteiger partial charge is 0.350 e. The van der Waals surface area contributed by atoms with Crippen LogP contribution in [0.15, 0.2) is 24.3 Å². The molecule has 0 radical (unpaired) electrons. The third-order valence-electron chi connectivity index (χ3n) is 4.27. The lowest BCUT2D eigenvalue weighted by Crippen LogP contribution is -2.40. The molecule has 2 aromatic rings. The van der Waals surface area contributed by atoms with Crippen molar-refractivity contribution in [2.75, 3.05) is 26.3 Å². The van der Waals surface area contributed by atoms with Gasteiger partial charge in [-0.25, -0.2) is 4.98 Å². The molecule has 2 fully saturated rings. The van der Waals surface area contributed by atoms with E-state index in [-0.39, 0.29) is 6.29 Å². The van der Waals surface area contributed by atoms with Gasteiger partial charge in [0.05, 0.1) is 30.0 Å². The molecule has 0 amide bonds. The highest BCUT2D eigenvalue weighted by Crippen LogP contribution is 2.28. The van der Waals surface area contributed by atoms with Crippen LogP contribution in [0.2, 0.25) is 0 Å². The lowest BCUT2D eigenvalue weighted by Gasteiger charge is -2.34. The number of ether oxygens (including phenoxy) is 2. The van der Waals surface area contributed by atoms with Crippen molar-refractivity contribution in [3.05, 3.63) is 29.3 Å². The summed E-state index contributed by atoms with van der Waals surface area (Å²) >= 11 is 1.81. The van der Waals surface area contributed by atoms with E-state index in [0.717, 1.165) is 38.4 Å². The highest BCUT2D eigenvalue weighted by Gasteiger charge is 2.31. The Morgan fingerprint density at radius 2 is 2.10 bits per heavy atom. The summed E-state index contributed by atoms with van der Waals surface area (Å²) in [5, 5.41) is 1.21. The number of piperidine rings is 1. The highest BCUT2D eigenvalue weighted by molar-refractivity contribution is 7.18. The summed E-state index contributed by atoms with van der Waals surface area (Å²) in [6.07, 6.45) is 2.45. The quantitative estimate of drug-likeness (QED) is 0.873. The molecule has 2 aliphatic rings. The van der Waals surface area contributed by atoms with E-state index in [4.69, 9.17) is 14.5 Å². The van der Waals surface area contributed by atoms with Crippen LogP contribution in [-0.2, 0) is 16.0 Å². The summed E-state index contributed by atoms with van der Waals surface area (Å²) in [6, 6.07) is 8.37. The molecule has 0 spiro atoms. The van der Waals surface area contributed by atoms with E-state index in [0.29, 0.717) is 5.92 Å². The minimum Gasteiger partial charge on any atom is -0.350 e. The van der Waals surface area contributed by atoms with Gasteiger partial charge in [0.1, 0.15) is 5.01 Å². The number of aromatic nitrogens is 1. The van der Waals surface area contributed by atoms with Crippen molar-refractivity contribution in [1.29, 1.82) is 0 Å². The number of para-hydroxylation sites is 1. The number of nitrogens with zero attached hydrogens (tertiary/aromatic N) is 2. The Labute approximate surface area is 128 Å². The monoisotopic (exact) mass is 304 g/mol. The summed E-state index contributed by atoms with van der Waals surface area (Å²) in [4.78, 5) is 7.24. The Hall–Kier alpha value is -1.01. The van der Waals surface area contributed by atoms with Crippen molar-refractivity contribution in [2.24, 2.45) is 5.92 Å². The molecule has 2 saturated heterocycles. The number of rotatable bonds is 3. The smallest absolute Gasteiger partial charge is 0.161 e. The van der Waals surface area contributed by atoms with Crippen LogP contribution in [-0.4, -0.2) is 42.5 Å². The molecule has 5 heteroatoms. The number of hydrogen-bond acceptors (Lipinski definition) is 5. The predicted octanol–water partition coefficient (Wildman–Crippen LogP) is 2.88. The number of likely N-dealkylation sites (tertiary alicyclic amines) is 1. The standard InChI is InChI=1S/C16H20N2O2S/c1-2-6-14-13(5-1)17-15(21-14)11-18-7-3-4-12(10-18)16-19-8-9-20-16/h1-2,5-6,12,16H,3-4,7-11H2/t12-/m0/s1. The summed E-state index contributed by atoms with van der Waals surface area (Å²) in [6.45, 7) is 4.65. The number of fused-ring (bicyclic) bond motifs is 1. The molecule has 1 atom stereocenters. The van der Waals surface area contributed by atoms with Gasteiger partial charge >= 0.3 is 0 Å². The van der Waals surface area contributed by atoms with E-state index < -0.39 is 0 Å². The lowest BCUT2D eigenvalue weighted by atomic mass is 9.97. The lowest BCUT2D eigenvalue weighted by molar-refractivity contribution is -0.101. The minimum absolute atomic E-state index is 0.0168. The first-order valence-electron chi connectivity index (χ1n) is 7.68. The fraction of sp³-hybridized carbons (Fsp3) is 0.562. The van der Waals surface area contributed by atoms with Gasteiger partial charge in [-0.05, 0) is 31.5 Å². The van der Waals surface area contributed by atoms with Gasteiger partial charge in [-0.1, -0.05) is 12.1 Å². The number of benzene rings is 1. The van der Waals surface area contributed by atoms with Crippen LogP contribution in [0.1, 0.15) is 17.8 Å². The van der Waals surface area contributed by atoms with Gasteiger partial charge in [0.15, 0.2) is 6.29 Å². The van der Waals surface area contributed by atoms with Crippen LogP contribution in [0.4, 0.5) is 0 Å². The zero-order valence-electron chi connectivity index (χ0n) is 12.0. The molecule has 4 rings (SSSR count). The fourth-order valence-corrected chi connectivity index (χ4v) is 4.29. The second kappa shape index (κ2) is 6.01. The molecule has 0 bridgehead atoms. The van der Waals surface area contributed by atoms with E-state index >= 15 is 0 Å². The van der Waals surface area contributed by atoms with Crippen LogP contribution in [0.3, 0.4) is 0 Å². The van der Waals surface area contributed by atoms with Crippen molar-refractivity contribution in [2.45, 2.75) is 25.7 Å². The molecular weight excluding hydrogens is 284 g/mol. The normalized spacial score (nSPS) is 24.9. The Morgan fingerprint density at radius 3 is 2.95 bits per heavy atom. The van der Waals surface area contributed by atoms with Gasteiger partial charge in [0.25, 0.3) is 0 Å². The minimum atomic E-state index is 0.0168. The molecule has 3 heterocycles. The fourth-order valence-electron chi connectivity index (χ4n) is 3.28. The van der Waals surface area contributed by atoms with Crippen molar-refractivity contribution >= 4 is 21.6 Å². The number of thiazole rings is 1. The molecule has 0 N–H and O–H groups in total. The van der Waals surface area contributed by atoms with Crippen LogP contribution in [0, 0.1) is 5.92 Å². The molecule has 0 aliphatic carbocycles. The molecule has 112 valence electrons. The first kappa shape index (κ1) is 13.6. The topological polar surface area (TPSA) is 34.6 Å². The van der Waals surface area contributed by atoms with Gasteiger partial charge in [-0.15, -0.1) is 11.3 Å².